The number of benzene rings is 1. The summed E-state index contributed by atoms with van der Waals surface area (Å²) in [6.07, 6.45) is 9.63. The Kier molecular flexibility index (Phi) is 3.54. The Morgan fingerprint density at radius 3 is 2.28 bits per heavy atom. The highest BCUT2D eigenvalue weighted by atomic mass is 16.3. The number of aliphatic hydroxyl groups is 1. The number of rotatable bonds is 3. The van der Waals surface area contributed by atoms with E-state index in [1.165, 1.54) is 30.4 Å². The predicted molar refractivity (Wildman–Crippen MR) is 97.0 cm³/mol. The largest absolute Gasteiger partial charge is 0.388 e. The van der Waals surface area contributed by atoms with Gasteiger partial charge in [0.05, 0.1) is 5.60 Å². The fraction of sp³-hybridized carbons (Fsp3) is 0.682. The number of carbonyl (C=O) groups is 1. The molecule has 0 heterocycles. The average molecular weight is 339 g/mol. The molecule has 4 fully saturated rings. The maximum absolute atomic E-state index is 13.1. The van der Waals surface area contributed by atoms with Gasteiger partial charge in [-0.1, -0.05) is 24.3 Å². The first-order valence-electron chi connectivity index (χ1n) is 10.1. The second-order valence-electron chi connectivity index (χ2n) is 9.55. The van der Waals surface area contributed by atoms with E-state index < -0.39 is 5.60 Å². The summed E-state index contributed by atoms with van der Waals surface area (Å²) in [5.41, 5.74) is 1.68. The second kappa shape index (κ2) is 5.57. The highest BCUT2D eigenvalue weighted by Crippen LogP contribution is 2.60. The summed E-state index contributed by atoms with van der Waals surface area (Å²) in [5.74, 6) is 2.57. The summed E-state index contributed by atoms with van der Waals surface area (Å²) in [6.45, 7) is 0.405. The van der Waals surface area contributed by atoms with Crippen LogP contribution in [0.4, 0.5) is 0 Å². The van der Waals surface area contributed by atoms with Crippen LogP contribution in [0.1, 0.15) is 56.1 Å². The molecule has 0 unspecified atom stereocenters. The van der Waals surface area contributed by atoms with E-state index in [1.807, 2.05) is 6.07 Å². The lowest BCUT2D eigenvalue weighted by atomic mass is 9.49. The lowest BCUT2D eigenvalue weighted by Gasteiger charge is -2.55. The maximum atomic E-state index is 13.1. The van der Waals surface area contributed by atoms with Gasteiger partial charge >= 0.3 is 0 Å². The predicted octanol–water partition coefficient (Wildman–Crippen LogP) is 3.24. The van der Waals surface area contributed by atoms with Crippen LogP contribution < -0.4 is 5.32 Å². The van der Waals surface area contributed by atoms with Crippen LogP contribution in [-0.2, 0) is 17.6 Å². The number of hydrogen-bond acceptors (Lipinski definition) is 2. The second-order valence-corrected chi connectivity index (χ2v) is 9.55. The fourth-order valence-corrected chi connectivity index (χ4v) is 6.76. The van der Waals surface area contributed by atoms with Crippen molar-refractivity contribution in [3.63, 3.8) is 0 Å². The molecule has 3 heteroatoms. The molecule has 1 aromatic carbocycles. The first kappa shape index (κ1) is 15.9. The van der Waals surface area contributed by atoms with E-state index in [0.29, 0.717) is 13.0 Å². The Balaban J connectivity index is 1.27. The van der Waals surface area contributed by atoms with Crippen molar-refractivity contribution < 1.29 is 9.90 Å². The van der Waals surface area contributed by atoms with Gasteiger partial charge in [0.15, 0.2) is 0 Å². The van der Waals surface area contributed by atoms with Gasteiger partial charge in [-0.2, -0.15) is 0 Å². The molecule has 1 aromatic rings. The van der Waals surface area contributed by atoms with E-state index in [0.717, 1.165) is 49.9 Å². The molecule has 0 radical (unpaired) electrons. The molecule has 4 bridgehead atoms. The standard InChI is InChI=1S/C22H29NO2/c24-20(21-10-15-7-16(11-21)9-17(8-15)12-21)23-14-22(25)6-5-18-3-1-2-4-19(18)13-22/h1-4,15-17,25H,5-14H2,(H,23,24)/t15?,16?,17?,21?,22-/m1/s1. The third-order valence-corrected chi connectivity index (χ3v) is 7.60. The Labute approximate surface area is 150 Å². The van der Waals surface area contributed by atoms with Crippen LogP contribution in [0.15, 0.2) is 24.3 Å². The quantitative estimate of drug-likeness (QED) is 0.888. The van der Waals surface area contributed by atoms with Crippen LogP contribution in [0, 0.1) is 23.2 Å². The van der Waals surface area contributed by atoms with Crippen LogP contribution in [0.3, 0.4) is 0 Å². The third kappa shape index (κ3) is 2.71. The van der Waals surface area contributed by atoms with Gasteiger partial charge in [0, 0.05) is 18.4 Å². The maximum Gasteiger partial charge on any atom is 0.226 e. The molecule has 6 rings (SSSR count). The summed E-state index contributed by atoms with van der Waals surface area (Å²) in [4.78, 5) is 13.1. The molecule has 0 aliphatic heterocycles. The van der Waals surface area contributed by atoms with E-state index >= 15 is 0 Å². The van der Waals surface area contributed by atoms with Gasteiger partial charge in [-0.05, 0) is 80.2 Å². The van der Waals surface area contributed by atoms with E-state index in [1.54, 1.807) is 0 Å². The monoisotopic (exact) mass is 339 g/mol. The molecule has 0 aromatic heterocycles. The van der Waals surface area contributed by atoms with Crippen molar-refractivity contribution in [2.45, 2.75) is 63.4 Å². The summed E-state index contributed by atoms with van der Waals surface area (Å²) in [7, 11) is 0. The van der Waals surface area contributed by atoms with Crippen molar-refractivity contribution in [2.24, 2.45) is 23.2 Å². The third-order valence-electron chi connectivity index (χ3n) is 7.60. The molecule has 3 nitrogen and oxygen atoms in total. The SMILES string of the molecule is O=C(NC[C@@]1(O)CCc2ccccc2C1)C12CC3CC(CC(C3)C1)C2. The molecular formula is C22H29NO2. The number of carbonyl (C=O) groups excluding carboxylic acids is 1. The van der Waals surface area contributed by atoms with Gasteiger partial charge in [0.2, 0.25) is 5.91 Å². The van der Waals surface area contributed by atoms with Gasteiger partial charge in [0.1, 0.15) is 0 Å². The number of hydrogen-bond donors (Lipinski definition) is 2. The van der Waals surface area contributed by atoms with Crippen LogP contribution in [0.25, 0.3) is 0 Å². The lowest BCUT2D eigenvalue weighted by Crippen LogP contribution is -2.56. The highest BCUT2D eigenvalue weighted by molar-refractivity contribution is 5.83. The first-order valence-corrected chi connectivity index (χ1v) is 10.1. The van der Waals surface area contributed by atoms with Gasteiger partial charge in [0.25, 0.3) is 0 Å². The van der Waals surface area contributed by atoms with Crippen LogP contribution in [0.2, 0.25) is 0 Å². The van der Waals surface area contributed by atoms with E-state index in [4.69, 9.17) is 0 Å². The number of amides is 1. The van der Waals surface area contributed by atoms with Crippen molar-refractivity contribution in [3.05, 3.63) is 35.4 Å². The van der Waals surface area contributed by atoms with Crippen LogP contribution in [0.5, 0.6) is 0 Å². The molecule has 1 amide bonds. The summed E-state index contributed by atoms with van der Waals surface area (Å²) in [6, 6.07) is 8.37. The van der Waals surface area contributed by atoms with E-state index in [9.17, 15) is 9.90 Å². The molecule has 2 N–H and O–H groups in total. The zero-order chi connectivity index (χ0) is 17.1. The minimum Gasteiger partial charge on any atom is -0.388 e. The molecular weight excluding hydrogens is 310 g/mol. The van der Waals surface area contributed by atoms with Crippen molar-refractivity contribution in [1.82, 2.24) is 5.32 Å². The smallest absolute Gasteiger partial charge is 0.226 e. The Hall–Kier alpha value is -1.35. The molecule has 25 heavy (non-hydrogen) atoms. The van der Waals surface area contributed by atoms with Gasteiger partial charge in [-0.15, -0.1) is 0 Å². The zero-order valence-corrected chi connectivity index (χ0v) is 15.0. The molecule has 0 spiro atoms. The topological polar surface area (TPSA) is 49.3 Å². The molecule has 5 aliphatic rings. The van der Waals surface area contributed by atoms with Gasteiger partial charge < -0.3 is 10.4 Å². The van der Waals surface area contributed by atoms with Crippen molar-refractivity contribution >= 4 is 5.91 Å². The van der Waals surface area contributed by atoms with Crippen LogP contribution >= 0.6 is 0 Å². The first-order chi connectivity index (χ1) is 12.0. The summed E-state index contributed by atoms with van der Waals surface area (Å²) >= 11 is 0. The average Bonchev–Trinajstić information content (AvgIpc) is 2.58. The van der Waals surface area contributed by atoms with Gasteiger partial charge in [-0.25, -0.2) is 0 Å². The number of aryl methyl sites for hydroxylation is 1. The fourth-order valence-electron chi connectivity index (χ4n) is 6.76. The molecule has 5 aliphatic carbocycles. The van der Waals surface area contributed by atoms with Gasteiger partial charge in [-0.3, -0.25) is 4.79 Å². The van der Waals surface area contributed by atoms with E-state index in [-0.39, 0.29) is 11.3 Å². The number of fused-ring (bicyclic) bond motifs is 1. The van der Waals surface area contributed by atoms with Crippen molar-refractivity contribution in [1.29, 1.82) is 0 Å². The zero-order valence-electron chi connectivity index (χ0n) is 15.0. The molecule has 0 saturated heterocycles. The van der Waals surface area contributed by atoms with Crippen molar-refractivity contribution in [2.75, 3.05) is 6.54 Å². The molecule has 1 atom stereocenters. The minimum absolute atomic E-state index is 0.113. The normalized spacial score (nSPS) is 41.4. The lowest BCUT2D eigenvalue weighted by molar-refractivity contribution is -0.147. The summed E-state index contributed by atoms with van der Waals surface area (Å²) < 4.78 is 0. The molecule has 134 valence electrons. The Morgan fingerprint density at radius 2 is 1.64 bits per heavy atom. The van der Waals surface area contributed by atoms with Crippen molar-refractivity contribution in [3.8, 4) is 0 Å². The summed E-state index contributed by atoms with van der Waals surface area (Å²) in [5, 5.41) is 14.2. The highest BCUT2D eigenvalue weighted by Gasteiger charge is 2.54. The number of nitrogens with one attached hydrogen (secondary N) is 1. The minimum atomic E-state index is -0.785. The Bertz CT molecular complexity index is 662. The van der Waals surface area contributed by atoms with Crippen LogP contribution in [-0.4, -0.2) is 23.2 Å². The Morgan fingerprint density at radius 1 is 1.04 bits per heavy atom. The molecule has 4 saturated carbocycles. The van der Waals surface area contributed by atoms with E-state index in [2.05, 4.69) is 23.5 Å².